The molecule has 0 aliphatic rings. The van der Waals surface area contributed by atoms with Crippen LogP contribution in [0.25, 0.3) is 0 Å². The second kappa shape index (κ2) is 44.1. The molecule has 0 fully saturated rings. The van der Waals surface area contributed by atoms with Gasteiger partial charge >= 0.3 is 0 Å². The van der Waals surface area contributed by atoms with Gasteiger partial charge in [0, 0.05) is 37.5 Å². The largest absolute Gasteiger partial charge is 0.497 e. The van der Waals surface area contributed by atoms with Crippen molar-refractivity contribution in [3.63, 3.8) is 0 Å². The Kier molecular flexibility index (Phi) is 34.7. The molecular weight excluding hydrogens is 1330 g/mol. The van der Waals surface area contributed by atoms with Crippen molar-refractivity contribution in [2.45, 2.75) is 77.8 Å². The fourth-order valence-electron chi connectivity index (χ4n) is 12.7. The molecule has 0 amide bonds. The summed E-state index contributed by atoms with van der Waals surface area (Å²) in [4.78, 5) is 0. The minimum Gasteiger partial charge on any atom is -0.497 e. The monoisotopic (exact) mass is 1440 g/mol. The summed E-state index contributed by atoms with van der Waals surface area (Å²) in [5.41, 5.74) is 8.51. The predicted molar refractivity (Wildman–Crippen MR) is 402 cm³/mol. The Morgan fingerprint density at radius 3 is 0.625 bits per heavy atom. The molecule has 0 aromatic heterocycles. The van der Waals surface area contributed by atoms with E-state index < -0.39 is 0 Å². The van der Waals surface area contributed by atoms with Gasteiger partial charge in [-0.05, 0) is 217 Å². The van der Waals surface area contributed by atoms with Crippen LogP contribution in [0.2, 0.25) is 0 Å². The fraction of sp³-hybridized carbons (Fsp3) is 0.429. The highest BCUT2D eigenvalue weighted by molar-refractivity contribution is 5.47. The molecule has 8 aromatic carbocycles. The highest BCUT2D eigenvalue weighted by Gasteiger charge is 2.27. The van der Waals surface area contributed by atoms with Crippen LogP contribution in [-0.4, -0.2) is 140 Å². The molecule has 8 aromatic rings. The maximum absolute atomic E-state index is 6.52. The van der Waals surface area contributed by atoms with E-state index in [1.807, 2.05) is 97.1 Å². The lowest BCUT2D eigenvalue weighted by Gasteiger charge is -2.28. The molecule has 8 rings (SSSR count). The van der Waals surface area contributed by atoms with Crippen molar-refractivity contribution in [3.05, 3.63) is 190 Å². The van der Waals surface area contributed by atoms with Gasteiger partial charge in [-0.25, -0.2) is 0 Å². The normalized spacial score (nSPS) is 12.1. The summed E-state index contributed by atoms with van der Waals surface area (Å²) < 4.78 is 114. The van der Waals surface area contributed by atoms with Crippen molar-refractivity contribution in [2.24, 2.45) is 23.7 Å². The number of methoxy groups -OCH3 is 16. The molecule has 0 aliphatic carbocycles. The second-order valence-corrected chi connectivity index (χ2v) is 24.9. The van der Waals surface area contributed by atoms with Crippen molar-refractivity contribution in [1.82, 2.24) is 0 Å². The first-order valence-electron chi connectivity index (χ1n) is 34.7. The number of rotatable bonds is 46. The number of hydrogen-bond donors (Lipinski definition) is 0. The zero-order valence-corrected chi connectivity index (χ0v) is 63.6. The van der Waals surface area contributed by atoms with Crippen LogP contribution in [0.4, 0.5) is 0 Å². The Labute approximate surface area is 615 Å². The van der Waals surface area contributed by atoms with E-state index in [9.17, 15) is 0 Å². The smallest absolute Gasteiger partial charge is 0.160 e. The summed E-state index contributed by atoms with van der Waals surface area (Å²) in [7, 11) is 26.4. The van der Waals surface area contributed by atoms with E-state index in [1.54, 1.807) is 114 Å². The molecule has 0 aliphatic heterocycles. The number of hydrogen-bond acceptors (Lipinski definition) is 20. The van der Waals surface area contributed by atoms with Crippen molar-refractivity contribution in [1.29, 1.82) is 0 Å². The van der Waals surface area contributed by atoms with Crippen LogP contribution in [0, 0.1) is 23.7 Å². The average Bonchev–Trinajstić information content (AvgIpc) is 0.841. The molecule has 20 heteroatoms. The zero-order valence-electron chi connectivity index (χ0n) is 63.6. The van der Waals surface area contributed by atoms with Crippen molar-refractivity contribution in [3.8, 4) is 92.0 Å². The Hall–Kier alpha value is -9.60. The topological polar surface area (TPSA) is 185 Å². The lowest BCUT2D eigenvalue weighted by atomic mass is 9.80. The molecule has 0 bridgehead atoms. The summed E-state index contributed by atoms with van der Waals surface area (Å²) in [6.45, 7) is 3.96. The SMILES string of the molecule is COc1cc(COCCC[C@@H](Cc2ccc(OC)c(OC)c2)[C@@H](COCc2cc(OC)cc(OC)c2)Cc2ccc(OC)c(OC)c2)cc(OC)c1.COc1cc(COCCC[C@H](Cc2ccc(OC)c(OC)c2)[C@H](COCc2cc(OC)cc(OC)c2)Cc2ccc(OC)c(OC)c2)cc(OC)c1. The molecule has 0 spiro atoms. The number of benzene rings is 8. The molecule has 0 saturated carbocycles. The maximum Gasteiger partial charge on any atom is 0.160 e. The van der Waals surface area contributed by atoms with Crippen molar-refractivity contribution in [2.75, 3.05) is 140 Å². The van der Waals surface area contributed by atoms with E-state index in [-0.39, 0.29) is 23.7 Å². The molecule has 0 N–H and O–H groups in total. The maximum atomic E-state index is 6.52. The van der Waals surface area contributed by atoms with Gasteiger partial charge < -0.3 is 94.7 Å². The molecular formula is C84H108O20. The van der Waals surface area contributed by atoms with E-state index in [0.717, 1.165) is 142 Å². The standard InChI is InChI=1S/2C42H54O10/c2*1-43-35-18-31(19-36(24-35)44-2)26-51-15-9-10-33(16-29-11-13-39(47-5)41(22-29)49-7)34(17-30-12-14-40(48-6)42(23-30)50-8)28-52-27-32-20-37(45-3)25-38(21-32)46-4/h2*11-14,18-25,33-34H,9-10,15-17,26-28H2,1-8H3/t2*33-,34+/m10/s1. The van der Waals surface area contributed by atoms with Crippen LogP contribution in [0.15, 0.2) is 146 Å². The lowest BCUT2D eigenvalue weighted by molar-refractivity contribution is 0.0578. The van der Waals surface area contributed by atoms with E-state index in [1.165, 1.54) is 0 Å². The molecule has 564 valence electrons. The van der Waals surface area contributed by atoms with Crippen LogP contribution in [0.3, 0.4) is 0 Å². The Bertz CT molecular complexity index is 3500. The minimum atomic E-state index is 0.140. The van der Waals surface area contributed by atoms with Crippen LogP contribution in [0.5, 0.6) is 92.0 Å². The molecule has 4 atom stereocenters. The first-order chi connectivity index (χ1) is 50.7. The highest BCUT2D eigenvalue weighted by atomic mass is 16.5. The van der Waals surface area contributed by atoms with Gasteiger partial charge in [-0.2, -0.15) is 0 Å². The Morgan fingerprint density at radius 2 is 0.413 bits per heavy atom. The third kappa shape index (κ3) is 25.4. The van der Waals surface area contributed by atoms with E-state index >= 15 is 0 Å². The summed E-state index contributed by atoms with van der Waals surface area (Å²) >= 11 is 0. The quantitative estimate of drug-likeness (QED) is 0.0328. The average molecular weight is 1440 g/mol. The summed E-state index contributed by atoms with van der Waals surface area (Å²) in [5, 5.41) is 0. The molecule has 104 heavy (non-hydrogen) atoms. The van der Waals surface area contributed by atoms with Crippen molar-refractivity contribution < 1.29 is 94.7 Å². The van der Waals surface area contributed by atoms with Gasteiger partial charge in [-0.1, -0.05) is 24.3 Å². The Morgan fingerprint density at radius 1 is 0.202 bits per heavy atom. The van der Waals surface area contributed by atoms with Crippen molar-refractivity contribution >= 4 is 0 Å². The minimum absolute atomic E-state index is 0.140. The highest BCUT2D eigenvalue weighted by Crippen LogP contribution is 2.38. The second-order valence-electron chi connectivity index (χ2n) is 24.9. The van der Waals surface area contributed by atoms with E-state index in [4.69, 9.17) is 94.7 Å². The predicted octanol–water partition coefficient (Wildman–Crippen LogP) is 16.0. The van der Waals surface area contributed by atoms with Gasteiger partial charge in [-0.3, -0.25) is 0 Å². The first kappa shape index (κ1) is 81.7. The van der Waals surface area contributed by atoms with E-state index in [2.05, 4.69) is 48.5 Å². The van der Waals surface area contributed by atoms with E-state index in [0.29, 0.717) is 98.9 Å². The van der Waals surface area contributed by atoms with Gasteiger partial charge in [0.25, 0.3) is 0 Å². The molecule has 0 heterocycles. The van der Waals surface area contributed by atoms with Gasteiger partial charge in [0.15, 0.2) is 46.0 Å². The lowest BCUT2D eigenvalue weighted by Crippen LogP contribution is -2.25. The summed E-state index contributed by atoms with van der Waals surface area (Å²) in [6.07, 6.45) is 6.68. The van der Waals surface area contributed by atoms with Crippen LogP contribution < -0.4 is 75.8 Å². The molecule has 0 unspecified atom stereocenters. The first-order valence-corrected chi connectivity index (χ1v) is 34.7. The third-order valence-corrected chi connectivity index (χ3v) is 18.2. The molecule has 0 radical (unpaired) electrons. The van der Waals surface area contributed by atoms with Crippen LogP contribution >= 0.6 is 0 Å². The zero-order chi connectivity index (χ0) is 74.6. The Balaban J connectivity index is 0.000000291. The van der Waals surface area contributed by atoms with Crippen LogP contribution in [0.1, 0.15) is 70.2 Å². The molecule has 0 saturated heterocycles. The third-order valence-electron chi connectivity index (χ3n) is 18.2. The van der Waals surface area contributed by atoms with Gasteiger partial charge in [0.05, 0.1) is 153 Å². The van der Waals surface area contributed by atoms with Crippen LogP contribution in [-0.2, 0) is 71.1 Å². The van der Waals surface area contributed by atoms with Gasteiger partial charge in [0.2, 0.25) is 0 Å². The summed E-state index contributed by atoms with van der Waals surface area (Å²) in [5.74, 6) is 12.1. The summed E-state index contributed by atoms with van der Waals surface area (Å²) in [6, 6.07) is 47.7. The van der Waals surface area contributed by atoms with Gasteiger partial charge in [0.1, 0.15) is 46.0 Å². The van der Waals surface area contributed by atoms with Gasteiger partial charge in [-0.15, -0.1) is 0 Å². The molecule has 20 nitrogen and oxygen atoms in total. The fourth-order valence-corrected chi connectivity index (χ4v) is 12.7. The number of ether oxygens (including phenoxy) is 20.